The number of β-amino-alcohol motifs (C(OH)–C–C–N with tert-alkyl or cyclic N) is 1. The highest BCUT2D eigenvalue weighted by Crippen LogP contribution is 2.38. The molecule has 3 rings (SSSR count). The predicted octanol–water partition coefficient (Wildman–Crippen LogP) is -0.671. The molecular weight excluding hydrogens is 264 g/mol. The summed E-state index contributed by atoms with van der Waals surface area (Å²) in [6.45, 7) is 1.15. The third-order valence-electron chi connectivity index (χ3n) is 4.90. The van der Waals surface area contributed by atoms with Crippen molar-refractivity contribution >= 4 is 12.0 Å². The first-order chi connectivity index (χ1) is 9.47. The second-order valence-corrected chi connectivity index (χ2v) is 6.15. The van der Waals surface area contributed by atoms with E-state index >= 15 is 0 Å². The molecule has 2 aliphatic heterocycles. The molecule has 5 atom stereocenters. The van der Waals surface area contributed by atoms with Crippen molar-refractivity contribution in [1.82, 2.24) is 9.80 Å². The average Bonchev–Trinajstić information content (AvgIpc) is 3.05. The lowest BCUT2D eigenvalue weighted by molar-refractivity contribution is -0.141. The molecule has 112 valence electrons. The number of carboxylic acids is 1. The molecule has 3 fully saturated rings. The smallest absolute Gasteiger partial charge is 0.326 e. The molecule has 1 aliphatic carbocycles. The van der Waals surface area contributed by atoms with E-state index < -0.39 is 18.1 Å². The minimum atomic E-state index is -1.07. The lowest BCUT2D eigenvalue weighted by Gasteiger charge is -2.28. The summed E-state index contributed by atoms with van der Waals surface area (Å²) < 4.78 is 0. The van der Waals surface area contributed by atoms with Gasteiger partial charge < -0.3 is 25.1 Å². The topological polar surface area (TPSA) is 101 Å². The Morgan fingerprint density at radius 1 is 1.05 bits per heavy atom. The summed E-state index contributed by atoms with van der Waals surface area (Å²) >= 11 is 0. The maximum absolute atomic E-state index is 12.4. The van der Waals surface area contributed by atoms with Gasteiger partial charge in [0.15, 0.2) is 0 Å². The van der Waals surface area contributed by atoms with Crippen molar-refractivity contribution in [2.45, 2.75) is 37.5 Å². The van der Waals surface area contributed by atoms with Gasteiger partial charge in [0.25, 0.3) is 0 Å². The van der Waals surface area contributed by atoms with Crippen LogP contribution < -0.4 is 0 Å². The van der Waals surface area contributed by atoms with Gasteiger partial charge in [0.1, 0.15) is 6.04 Å². The van der Waals surface area contributed by atoms with Gasteiger partial charge >= 0.3 is 12.0 Å². The maximum Gasteiger partial charge on any atom is 0.326 e. The van der Waals surface area contributed by atoms with Crippen LogP contribution in [-0.2, 0) is 4.79 Å². The van der Waals surface area contributed by atoms with Gasteiger partial charge in [0.05, 0.1) is 12.2 Å². The highest BCUT2D eigenvalue weighted by atomic mass is 16.4. The van der Waals surface area contributed by atoms with E-state index in [4.69, 9.17) is 5.11 Å². The molecule has 3 unspecified atom stereocenters. The lowest BCUT2D eigenvalue weighted by atomic mass is 10.00. The number of nitrogens with zero attached hydrogens (tertiary/aromatic N) is 2. The van der Waals surface area contributed by atoms with Crippen LogP contribution in [0.1, 0.15) is 19.3 Å². The fourth-order valence-corrected chi connectivity index (χ4v) is 3.83. The molecule has 2 saturated heterocycles. The van der Waals surface area contributed by atoms with Crippen molar-refractivity contribution in [2.75, 3.05) is 19.6 Å². The highest BCUT2D eigenvalue weighted by molar-refractivity contribution is 5.83. The van der Waals surface area contributed by atoms with E-state index in [9.17, 15) is 19.8 Å². The quantitative estimate of drug-likeness (QED) is 0.593. The van der Waals surface area contributed by atoms with E-state index in [1.807, 2.05) is 0 Å². The second kappa shape index (κ2) is 4.89. The number of rotatable bonds is 1. The Balaban J connectivity index is 1.69. The molecular formula is C13H20N2O5. The first-order valence-corrected chi connectivity index (χ1v) is 7.12. The van der Waals surface area contributed by atoms with Gasteiger partial charge in [-0.1, -0.05) is 0 Å². The minimum absolute atomic E-state index is 0.0736. The molecule has 0 bridgehead atoms. The normalized spacial score (nSPS) is 40.2. The Bertz CT molecular complexity index is 429. The van der Waals surface area contributed by atoms with E-state index in [2.05, 4.69) is 0 Å². The Morgan fingerprint density at radius 3 is 2.45 bits per heavy atom. The minimum Gasteiger partial charge on any atom is -0.480 e. The van der Waals surface area contributed by atoms with Crippen LogP contribution in [0.15, 0.2) is 0 Å². The summed E-state index contributed by atoms with van der Waals surface area (Å²) in [7, 11) is 0. The predicted molar refractivity (Wildman–Crippen MR) is 67.9 cm³/mol. The number of aliphatic hydroxyl groups is 2. The molecule has 0 spiro atoms. The standard InChI is InChI=1S/C13H20N2O5/c16-8-3-10(12(18)19)15(5-8)13(20)14-4-7-1-2-11(17)9(7)6-14/h7-11,16-17H,1-6H2,(H,18,19)/t7?,8-,9?,10+,11?/m1/s1. The number of fused-ring (bicyclic) bond motifs is 1. The summed E-state index contributed by atoms with van der Waals surface area (Å²) in [4.78, 5) is 26.5. The summed E-state index contributed by atoms with van der Waals surface area (Å²) in [5.41, 5.74) is 0. The molecule has 2 heterocycles. The number of amides is 2. The van der Waals surface area contributed by atoms with Gasteiger partial charge in [-0.25, -0.2) is 9.59 Å². The van der Waals surface area contributed by atoms with Crippen LogP contribution in [0.2, 0.25) is 0 Å². The van der Waals surface area contributed by atoms with Gasteiger partial charge in [-0.3, -0.25) is 0 Å². The SMILES string of the molecule is O=C(O)[C@@H]1C[C@@H](O)CN1C(=O)N1CC2CCC(O)C2C1. The number of hydrogen-bond acceptors (Lipinski definition) is 4. The van der Waals surface area contributed by atoms with E-state index in [0.717, 1.165) is 12.8 Å². The first kappa shape index (κ1) is 13.6. The molecule has 3 aliphatic rings. The third kappa shape index (κ3) is 2.14. The fourth-order valence-electron chi connectivity index (χ4n) is 3.83. The number of carboxylic acid groups (broad SMARTS) is 1. The molecule has 20 heavy (non-hydrogen) atoms. The molecule has 0 aromatic heterocycles. The Labute approximate surface area is 116 Å². The van der Waals surface area contributed by atoms with Gasteiger partial charge in [0, 0.05) is 32.0 Å². The summed E-state index contributed by atoms with van der Waals surface area (Å²) in [5, 5.41) is 28.6. The summed E-state index contributed by atoms with van der Waals surface area (Å²) in [6, 6.07) is -1.27. The lowest BCUT2D eigenvalue weighted by Crippen LogP contribution is -2.48. The number of carbonyl (C=O) groups excluding carboxylic acids is 1. The van der Waals surface area contributed by atoms with Gasteiger partial charge in [-0.15, -0.1) is 0 Å². The van der Waals surface area contributed by atoms with Gasteiger partial charge in [0.2, 0.25) is 0 Å². The van der Waals surface area contributed by atoms with Crippen LogP contribution in [0.25, 0.3) is 0 Å². The monoisotopic (exact) mass is 284 g/mol. The van der Waals surface area contributed by atoms with Crippen LogP contribution in [-0.4, -0.2) is 75.0 Å². The third-order valence-corrected chi connectivity index (χ3v) is 4.90. The zero-order chi connectivity index (χ0) is 14.4. The van der Waals surface area contributed by atoms with E-state index in [-0.39, 0.29) is 31.0 Å². The Kier molecular flexibility index (Phi) is 3.33. The van der Waals surface area contributed by atoms with Crippen molar-refractivity contribution in [3.63, 3.8) is 0 Å². The van der Waals surface area contributed by atoms with Gasteiger partial charge in [-0.05, 0) is 18.8 Å². The van der Waals surface area contributed by atoms with Crippen LogP contribution >= 0.6 is 0 Å². The molecule has 7 heteroatoms. The first-order valence-electron chi connectivity index (χ1n) is 7.12. The van der Waals surface area contributed by atoms with Crippen LogP contribution in [0.5, 0.6) is 0 Å². The number of likely N-dealkylation sites (tertiary alicyclic amines) is 2. The van der Waals surface area contributed by atoms with Crippen molar-refractivity contribution in [3.05, 3.63) is 0 Å². The van der Waals surface area contributed by atoms with Crippen molar-refractivity contribution in [3.8, 4) is 0 Å². The Morgan fingerprint density at radius 2 is 1.80 bits per heavy atom. The molecule has 1 saturated carbocycles. The summed E-state index contributed by atoms with van der Waals surface area (Å²) in [5.74, 6) is -0.631. The van der Waals surface area contributed by atoms with Crippen molar-refractivity contribution in [2.24, 2.45) is 11.8 Å². The molecule has 2 amide bonds. The number of hydrogen-bond donors (Lipinski definition) is 3. The molecule has 7 nitrogen and oxygen atoms in total. The zero-order valence-electron chi connectivity index (χ0n) is 11.2. The van der Waals surface area contributed by atoms with Crippen LogP contribution in [0.4, 0.5) is 4.79 Å². The number of urea groups is 1. The average molecular weight is 284 g/mol. The largest absolute Gasteiger partial charge is 0.480 e. The van der Waals surface area contributed by atoms with Crippen molar-refractivity contribution in [1.29, 1.82) is 0 Å². The molecule has 3 N–H and O–H groups in total. The van der Waals surface area contributed by atoms with Crippen LogP contribution in [0, 0.1) is 11.8 Å². The van der Waals surface area contributed by atoms with Crippen LogP contribution in [0.3, 0.4) is 0 Å². The maximum atomic E-state index is 12.4. The highest BCUT2D eigenvalue weighted by Gasteiger charge is 2.47. The van der Waals surface area contributed by atoms with E-state index in [0.29, 0.717) is 19.0 Å². The fraction of sp³-hybridized carbons (Fsp3) is 0.846. The van der Waals surface area contributed by atoms with Crippen molar-refractivity contribution < 1.29 is 24.9 Å². The zero-order valence-corrected chi connectivity index (χ0v) is 11.2. The second-order valence-electron chi connectivity index (χ2n) is 6.15. The number of aliphatic carboxylic acids is 1. The molecule has 0 aromatic carbocycles. The van der Waals surface area contributed by atoms with E-state index in [1.54, 1.807) is 4.90 Å². The Hall–Kier alpha value is -1.34. The molecule has 0 radical (unpaired) electrons. The number of carbonyl (C=O) groups is 2. The number of aliphatic hydroxyl groups excluding tert-OH is 2. The van der Waals surface area contributed by atoms with E-state index in [1.165, 1.54) is 4.90 Å². The summed E-state index contributed by atoms with van der Waals surface area (Å²) in [6.07, 6.45) is 0.674. The van der Waals surface area contributed by atoms with Gasteiger partial charge in [-0.2, -0.15) is 0 Å². The molecule has 0 aromatic rings.